The van der Waals surface area contributed by atoms with E-state index in [0.29, 0.717) is 11.8 Å². The van der Waals surface area contributed by atoms with E-state index in [4.69, 9.17) is 4.98 Å². The lowest BCUT2D eigenvalue weighted by atomic mass is 9.95. The van der Waals surface area contributed by atoms with Crippen molar-refractivity contribution in [3.8, 4) is 5.75 Å². The van der Waals surface area contributed by atoms with Crippen molar-refractivity contribution >= 4 is 11.0 Å². The molecule has 0 atom stereocenters. The van der Waals surface area contributed by atoms with Crippen LogP contribution in [0.25, 0.3) is 11.0 Å². The summed E-state index contributed by atoms with van der Waals surface area (Å²) in [5, 5.41) is 9.63. The number of hydrogen-bond acceptors (Lipinski definition) is 2. The van der Waals surface area contributed by atoms with Crippen LogP contribution in [0.3, 0.4) is 0 Å². The van der Waals surface area contributed by atoms with Crippen LogP contribution in [-0.4, -0.2) is 14.7 Å². The maximum absolute atomic E-state index is 9.63. The van der Waals surface area contributed by atoms with Crippen LogP contribution in [-0.2, 0) is 5.41 Å². The first-order valence-electron chi connectivity index (χ1n) is 6.18. The molecule has 2 aromatic rings. The molecular formula is C14H18N2O. The van der Waals surface area contributed by atoms with Gasteiger partial charge in [-0.15, -0.1) is 0 Å². The number of imidazole rings is 1. The second-order valence-electron chi connectivity index (χ2n) is 5.96. The van der Waals surface area contributed by atoms with Crippen LogP contribution in [0.1, 0.15) is 45.5 Å². The van der Waals surface area contributed by atoms with Gasteiger partial charge >= 0.3 is 0 Å². The smallest absolute Gasteiger partial charge is 0.117 e. The fourth-order valence-corrected chi connectivity index (χ4v) is 2.31. The zero-order valence-electron chi connectivity index (χ0n) is 10.6. The molecule has 0 radical (unpaired) electrons. The Balaban J connectivity index is 2.31. The molecule has 0 bridgehead atoms. The van der Waals surface area contributed by atoms with Crippen molar-refractivity contribution in [3.63, 3.8) is 0 Å². The van der Waals surface area contributed by atoms with Crippen LogP contribution >= 0.6 is 0 Å². The minimum Gasteiger partial charge on any atom is -0.508 e. The topological polar surface area (TPSA) is 38.1 Å². The van der Waals surface area contributed by atoms with E-state index in [1.807, 2.05) is 12.1 Å². The van der Waals surface area contributed by atoms with Gasteiger partial charge in [-0.3, -0.25) is 0 Å². The van der Waals surface area contributed by atoms with Crippen molar-refractivity contribution in [1.29, 1.82) is 0 Å². The van der Waals surface area contributed by atoms with E-state index in [9.17, 15) is 5.11 Å². The van der Waals surface area contributed by atoms with E-state index >= 15 is 0 Å². The first kappa shape index (κ1) is 10.6. The number of phenols is 1. The highest BCUT2D eigenvalue weighted by molar-refractivity contribution is 5.78. The maximum Gasteiger partial charge on any atom is 0.117 e. The third-order valence-electron chi connectivity index (χ3n) is 3.26. The molecule has 0 saturated heterocycles. The minimum absolute atomic E-state index is 0.0389. The van der Waals surface area contributed by atoms with Crippen LogP contribution in [0, 0.1) is 0 Å². The predicted octanol–water partition coefficient (Wildman–Crippen LogP) is 3.37. The molecule has 17 heavy (non-hydrogen) atoms. The lowest BCUT2D eigenvalue weighted by molar-refractivity contribution is 0.475. The van der Waals surface area contributed by atoms with Crippen molar-refractivity contribution < 1.29 is 5.11 Å². The average molecular weight is 230 g/mol. The second-order valence-corrected chi connectivity index (χ2v) is 5.96. The molecule has 3 heteroatoms. The Labute approximate surface area is 101 Å². The van der Waals surface area contributed by atoms with Crippen LogP contribution in [0.2, 0.25) is 0 Å². The highest BCUT2D eigenvalue weighted by Crippen LogP contribution is 2.41. The average Bonchev–Trinajstić information content (AvgIpc) is 2.98. The van der Waals surface area contributed by atoms with Crippen molar-refractivity contribution in [2.75, 3.05) is 0 Å². The summed E-state index contributed by atoms with van der Waals surface area (Å²) >= 11 is 0. The monoisotopic (exact) mass is 230 g/mol. The summed E-state index contributed by atoms with van der Waals surface area (Å²) in [6.07, 6.45) is 2.45. The van der Waals surface area contributed by atoms with Gasteiger partial charge in [-0.2, -0.15) is 0 Å². The quantitative estimate of drug-likeness (QED) is 0.815. The number of rotatable bonds is 1. The molecule has 3 nitrogen and oxygen atoms in total. The number of benzene rings is 1. The first-order chi connectivity index (χ1) is 7.97. The summed E-state index contributed by atoms with van der Waals surface area (Å²) in [6, 6.07) is 6.02. The summed E-state index contributed by atoms with van der Waals surface area (Å²) < 4.78 is 2.31. The number of aromatic hydroxyl groups is 1. The summed E-state index contributed by atoms with van der Waals surface area (Å²) in [7, 11) is 0. The molecule has 0 unspecified atom stereocenters. The third kappa shape index (κ3) is 1.70. The Morgan fingerprint density at radius 1 is 1.29 bits per heavy atom. The first-order valence-corrected chi connectivity index (χ1v) is 6.18. The van der Waals surface area contributed by atoms with Crippen molar-refractivity contribution in [3.05, 3.63) is 24.0 Å². The Bertz CT molecular complexity index is 574. The van der Waals surface area contributed by atoms with Crippen molar-refractivity contribution in [2.24, 2.45) is 0 Å². The molecule has 3 rings (SSSR count). The fraction of sp³-hybridized carbons (Fsp3) is 0.500. The molecule has 90 valence electrons. The Hall–Kier alpha value is -1.51. The number of hydrogen-bond donors (Lipinski definition) is 1. The number of phenolic OH excluding ortho intramolecular Hbond substituents is 1. The Morgan fingerprint density at radius 2 is 2.00 bits per heavy atom. The van der Waals surface area contributed by atoms with Crippen molar-refractivity contribution in [1.82, 2.24) is 9.55 Å². The summed E-state index contributed by atoms with van der Waals surface area (Å²) in [6.45, 7) is 6.56. The largest absolute Gasteiger partial charge is 0.508 e. The molecule has 1 aliphatic carbocycles. The number of aromatic nitrogens is 2. The standard InChI is InChI=1S/C14H18N2O/c1-14(2,3)13-15-11-7-6-10(17)8-12(11)16(13)9-4-5-9/h6-9,17H,4-5H2,1-3H3. The lowest BCUT2D eigenvalue weighted by Gasteiger charge is -2.19. The van der Waals surface area contributed by atoms with E-state index in [0.717, 1.165) is 16.9 Å². The van der Waals surface area contributed by atoms with Gasteiger partial charge in [-0.25, -0.2) is 4.98 Å². The van der Waals surface area contributed by atoms with Gasteiger partial charge in [0.25, 0.3) is 0 Å². The summed E-state index contributed by atoms with van der Waals surface area (Å²) in [5.41, 5.74) is 2.09. The molecule has 0 amide bonds. The van der Waals surface area contributed by atoms with Gasteiger partial charge in [0, 0.05) is 17.5 Å². The number of fused-ring (bicyclic) bond motifs is 1. The van der Waals surface area contributed by atoms with E-state index in [-0.39, 0.29) is 5.41 Å². The van der Waals surface area contributed by atoms with E-state index < -0.39 is 0 Å². The molecule has 1 saturated carbocycles. The van der Waals surface area contributed by atoms with Crippen LogP contribution < -0.4 is 0 Å². The number of nitrogens with zero attached hydrogens (tertiary/aromatic N) is 2. The van der Waals surface area contributed by atoms with Gasteiger partial charge in [-0.1, -0.05) is 20.8 Å². The zero-order chi connectivity index (χ0) is 12.2. The predicted molar refractivity (Wildman–Crippen MR) is 68.4 cm³/mol. The maximum atomic E-state index is 9.63. The van der Waals surface area contributed by atoms with E-state index in [1.54, 1.807) is 6.07 Å². The zero-order valence-corrected chi connectivity index (χ0v) is 10.6. The van der Waals surface area contributed by atoms with Crippen LogP contribution in [0.5, 0.6) is 5.75 Å². The fourth-order valence-electron chi connectivity index (χ4n) is 2.31. The molecule has 1 fully saturated rings. The lowest BCUT2D eigenvalue weighted by Crippen LogP contribution is -2.18. The molecule has 1 heterocycles. The molecule has 0 spiro atoms. The van der Waals surface area contributed by atoms with Crippen LogP contribution in [0.4, 0.5) is 0 Å². The van der Waals surface area contributed by atoms with E-state index in [2.05, 4.69) is 25.3 Å². The van der Waals surface area contributed by atoms with Crippen molar-refractivity contribution in [2.45, 2.75) is 45.1 Å². The van der Waals surface area contributed by atoms with Gasteiger partial charge in [0.05, 0.1) is 11.0 Å². The highest BCUT2D eigenvalue weighted by atomic mass is 16.3. The van der Waals surface area contributed by atoms with Crippen LogP contribution in [0.15, 0.2) is 18.2 Å². The summed E-state index contributed by atoms with van der Waals surface area (Å²) in [4.78, 5) is 4.74. The van der Waals surface area contributed by atoms with E-state index in [1.165, 1.54) is 12.8 Å². The Kier molecular flexibility index (Phi) is 2.03. The molecule has 1 aromatic heterocycles. The van der Waals surface area contributed by atoms with Gasteiger partial charge < -0.3 is 9.67 Å². The molecule has 1 aliphatic rings. The molecule has 1 aromatic carbocycles. The molecular weight excluding hydrogens is 212 g/mol. The molecule has 0 aliphatic heterocycles. The minimum atomic E-state index is 0.0389. The Morgan fingerprint density at radius 3 is 2.59 bits per heavy atom. The SMILES string of the molecule is CC(C)(C)c1nc2ccc(O)cc2n1C1CC1. The van der Waals surface area contributed by atoms with Gasteiger partial charge in [-0.05, 0) is 25.0 Å². The highest BCUT2D eigenvalue weighted by Gasteiger charge is 2.32. The van der Waals surface area contributed by atoms with Gasteiger partial charge in [0.1, 0.15) is 11.6 Å². The van der Waals surface area contributed by atoms with Gasteiger partial charge in [0.15, 0.2) is 0 Å². The van der Waals surface area contributed by atoms with Gasteiger partial charge in [0.2, 0.25) is 0 Å². The molecule has 1 N–H and O–H groups in total. The third-order valence-corrected chi connectivity index (χ3v) is 3.26. The normalized spacial score (nSPS) is 16.6. The second kappa shape index (κ2) is 3.25. The summed E-state index contributed by atoms with van der Waals surface area (Å²) in [5.74, 6) is 1.44.